The Kier molecular flexibility index (Phi) is 6.39. The summed E-state index contributed by atoms with van der Waals surface area (Å²) in [5.41, 5.74) is 1.36. The largest absolute Gasteiger partial charge is 0.465 e. The Morgan fingerprint density at radius 2 is 1.47 bits per heavy atom. The van der Waals surface area contributed by atoms with Crippen molar-refractivity contribution in [3.8, 4) is 0 Å². The standard InChI is InChI=1S/C21H17ClN2O5S/c1-29-21(26)15-6-10-16(11-7-15)23-20(25)14-8-12-17(13-9-14)30(27,28)24-19-5-3-2-4-18(19)22/h2-13,24H,1H3,(H,23,25). The molecule has 0 saturated carbocycles. The first-order valence-corrected chi connectivity index (χ1v) is 10.5. The highest BCUT2D eigenvalue weighted by Gasteiger charge is 2.16. The van der Waals surface area contributed by atoms with Crippen molar-refractivity contribution < 1.29 is 22.7 Å². The lowest BCUT2D eigenvalue weighted by molar-refractivity contribution is 0.0600. The summed E-state index contributed by atoms with van der Waals surface area (Å²) in [4.78, 5) is 23.8. The van der Waals surface area contributed by atoms with Gasteiger partial charge in [-0.3, -0.25) is 9.52 Å². The summed E-state index contributed by atoms with van der Waals surface area (Å²) in [6.07, 6.45) is 0. The molecule has 0 heterocycles. The molecule has 30 heavy (non-hydrogen) atoms. The molecule has 0 unspecified atom stereocenters. The van der Waals surface area contributed by atoms with Crippen molar-refractivity contribution in [3.05, 3.63) is 88.9 Å². The van der Waals surface area contributed by atoms with E-state index in [-0.39, 0.29) is 21.2 Å². The van der Waals surface area contributed by atoms with Crippen molar-refractivity contribution in [3.63, 3.8) is 0 Å². The average Bonchev–Trinajstić information content (AvgIpc) is 2.75. The van der Waals surface area contributed by atoms with E-state index in [9.17, 15) is 18.0 Å². The number of rotatable bonds is 6. The topological polar surface area (TPSA) is 102 Å². The van der Waals surface area contributed by atoms with Crippen LogP contribution in [0.25, 0.3) is 0 Å². The number of ether oxygens (including phenoxy) is 1. The minimum absolute atomic E-state index is 0.0126. The molecule has 0 aliphatic rings. The lowest BCUT2D eigenvalue weighted by Gasteiger charge is -2.10. The third-order valence-electron chi connectivity index (χ3n) is 4.11. The lowest BCUT2D eigenvalue weighted by atomic mass is 10.2. The van der Waals surface area contributed by atoms with Crippen molar-refractivity contribution in [1.82, 2.24) is 0 Å². The van der Waals surface area contributed by atoms with Gasteiger partial charge in [0.05, 0.1) is 28.3 Å². The quantitative estimate of drug-likeness (QED) is 0.555. The van der Waals surface area contributed by atoms with Gasteiger partial charge in [0.15, 0.2) is 0 Å². The summed E-state index contributed by atoms with van der Waals surface area (Å²) in [5.74, 6) is -0.904. The van der Waals surface area contributed by atoms with Crippen molar-refractivity contribution in [2.24, 2.45) is 0 Å². The number of para-hydroxylation sites is 1. The molecule has 0 spiro atoms. The Morgan fingerprint density at radius 3 is 2.07 bits per heavy atom. The molecule has 3 rings (SSSR count). The number of benzene rings is 3. The lowest BCUT2D eigenvalue weighted by Crippen LogP contribution is -2.15. The van der Waals surface area contributed by atoms with Gasteiger partial charge in [-0.1, -0.05) is 23.7 Å². The van der Waals surface area contributed by atoms with Gasteiger partial charge in [0.1, 0.15) is 0 Å². The number of methoxy groups -OCH3 is 1. The van der Waals surface area contributed by atoms with Gasteiger partial charge in [-0.15, -0.1) is 0 Å². The van der Waals surface area contributed by atoms with Crippen LogP contribution in [0.2, 0.25) is 5.02 Å². The van der Waals surface area contributed by atoms with Crippen LogP contribution in [0.3, 0.4) is 0 Å². The van der Waals surface area contributed by atoms with E-state index in [4.69, 9.17) is 11.6 Å². The molecule has 0 atom stereocenters. The molecule has 0 aromatic heterocycles. The Hall–Kier alpha value is -3.36. The van der Waals surface area contributed by atoms with E-state index >= 15 is 0 Å². The fourth-order valence-corrected chi connectivity index (χ4v) is 3.86. The minimum Gasteiger partial charge on any atom is -0.465 e. The molecule has 1 amide bonds. The number of halogens is 1. The third kappa shape index (κ3) is 4.97. The second kappa shape index (κ2) is 8.98. The normalized spacial score (nSPS) is 10.9. The van der Waals surface area contributed by atoms with Gasteiger partial charge in [-0.25, -0.2) is 13.2 Å². The summed E-state index contributed by atoms with van der Waals surface area (Å²) in [6.45, 7) is 0. The van der Waals surface area contributed by atoms with Crippen LogP contribution < -0.4 is 10.0 Å². The highest BCUT2D eigenvalue weighted by molar-refractivity contribution is 7.92. The van der Waals surface area contributed by atoms with E-state index in [0.29, 0.717) is 11.3 Å². The number of nitrogens with one attached hydrogen (secondary N) is 2. The van der Waals surface area contributed by atoms with Crippen molar-refractivity contribution >= 4 is 44.9 Å². The molecule has 2 N–H and O–H groups in total. The summed E-state index contributed by atoms with van der Waals surface area (Å²) in [5, 5.41) is 2.95. The van der Waals surface area contributed by atoms with Crippen LogP contribution in [0.5, 0.6) is 0 Å². The summed E-state index contributed by atoms with van der Waals surface area (Å²) < 4.78 is 32.1. The van der Waals surface area contributed by atoms with Gasteiger partial charge in [0.25, 0.3) is 15.9 Å². The first-order valence-electron chi connectivity index (χ1n) is 8.67. The molecule has 0 aliphatic carbocycles. The number of anilines is 2. The van der Waals surface area contributed by atoms with Crippen molar-refractivity contribution in [1.29, 1.82) is 0 Å². The van der Waals surface area contributed by atoms with Crippen LogP contribution in [0.15, 0.2) is 77.7 Å². The third-order valence-corrected chi connectivity index (χ3v) is 5.82. The number of amides is 1. The summed E-state index contributed by atoms with van der Waals surface area (Å²) in [6, 6.07) is 18.1. The van der Waals surface area contributed by atoms with Crippen LogP contribution >= 0.6 is 11.6 Å². The monoisotopic (exact) mass is 444 g/mol. The number of esters is 1. The molecule has 0 fully saturated rings. The number of hydrogen-bond acceptors (Lipinski definition) is 5. The van der Waals surface area contributed by atoms with Gasteiger partial charge < -0.3 is 10.1 Å². The molecule has 154 valence electrons. The number of carbonyl (C=O) groups excluding carboxylic acids is 2. The van der Waals surface area contributed by atoms with E-state index in [1.807, 2.05) is 0 Å². The molecule has 0 saturated heterocycles. The highest BCUT2D eigenvalue weighted by Crippen LogP contribution is 2.24. The maximum Gasteiger partial charge on any atom is 0.337 e. The summed E-state index contributed by atoms with van der Waals surface area (Å²) in [7, 11) is -2.58. The van der Waals surface area contributed by atoms with Crippen molar-refractivity contribution in [2.75, 3.05) is 17.1 Å². The first kappa shape index (κ1) is 21.4. The Bertz CT molecular complexity index is 1180. The number of hydrogen-bond donors (Lipinski definition) is 2. The molecule has 9 heteroatoms. The number of sulfonamides is 1. The molecule has 0 radical (unpaired) electrons. The fraction of sp³-hybridized carbons (Fsp3) is 0.0476. The average molecular weight is 445 g/mol. The highest BCUT2D eigenvalue weighted by atomic mass is 35.5. The van der Waals surface area contributed by atoms with Gasteiger partial charge >= 0.3 is 5.97 Å². The van der Waals surface area contributed by atoms with E-state index < -0.39 is 21.9 Å². The molecule has 7 nitrogen and oxygen atoms in total. The van der Waals surface area contributed by atoms with Crippen LogP contribution in [0.1, 0.15) is 20.7 Å². The van der Waals surface area contributed by atoms with E-state index in [1.165, 1.54) is 43.5 Å². The maximum atomic E-state index is 12.5. The first-order chi connectivity index (χ1) is 14.3. The molecule has 0 bridgehead atoms. The van der Waals surface area contributed by atoms with Gasteiger partial charge in [0.2, 0.25) is 0 Å². The number of carbonyl (C=O) groups is 2. The minimum atomic E-state index is -3.86. The predicted molar refractivity (Wildman–Crippen MR) is 114 cm³/mol. The van der Waals surface area contributed by atoms with E-state index in [2.05, 4.69) is 14.8 Å². The predicted octanol–water partition coefficient (Wildman–Crippen LogP) is 4.18. The Morgan fingerprint density at radius 1 is 0.867 bits per heavy atom. The van der Waals surface area contributed by atoms with Crippen LogP contribution in [-0.4, -0.2) is 27.4 Å². The van der Waals surface area contributed by atoms with Crippen LogP contribution in [0, 0.1) is 0 Å². The van der Waals surface area contributed by atoms with E-state index in [0.717, 1.165) is 0 Å². The molecular weight excluding hydrogens is 428 g/mol. The SMILES string of the molecule is COC(=O)c1ccc(NC(=O)c2ccc(S(=O)(=O)Nc3ccccc3Cl)cc2)cc1. The Labute approximate surface area is 178 Å². The fourth-order valence-electron chi connectivity index (χ4n) is 2.54. The Balaban J connectivity index is 1.71. The maximum absolute atomic E-state index is 12.5. The van der Waals surface area contributed by atoms with Crippen molar-refractivity contribution in [2.45, 2.75) is 4.90 Å². The summed E-state index contributed by atoms with van der Waals surface area (Å²) >= 11 is 5.99. The smallest absolute Gasteiger partial charge is 0.337 e. The van der Waals surface area contributed by atoms with Gasteiger partial charge in [-0.2, -0.15) is 0 Å². The van der Waals surface area contributed by atoms with Gasteiger partial charge in [-0.05, 0) is 60.7 Å². The van der Waals surface area contributed by atoms with E-state index in [1.54, 1.807) is 36.4 Å². The van der Waals surface area contributed by atoms with Crippen LogP contribution in [0.4, 0.5) is 11.4 Å². The molecule has 3 aromatic carbocycles. The van der Waals surface area contributed by atoms with Crippen LogP contribution in [-0.2, 0) is 14.8 Å². The second-order valence-corrected chi connectivity index (χ2v) is 8.22. The zero-order valence-electron chi connectivity index (χ0n) is 15.8. The zero-order valence-corrected chi connectivity index (χ0v) is 17.3. The zero-order chi connectivity index (χ0) is 21.7. The van der Waals surface area contributed by atoms with Gasteiger partial charge in [0, 0.05) is 11.3 Å². The second-order valence-electron chi connectivity index (χ2n) is 6.13. The molecular formula is C21H17ClN2O5S. The molecule has 3 aromatic rings. The molecule has 0 aliphatic heterocycles.